The largest absolute Gasteiger partial charge is 0.341 e. The predicted molar refractivity (Wildman–Crippen MR) is 120 cm³/mol. The number of hydrogen-bond acceptors (Lipinski definition) is 6. The highest BCUT2D eigenvalue weighted by molar-refractivity contribution is 7.14. The van der Waals surface area contributed by atoms with Crippen LogP contribution < -0.4 is 10.6 Å². The van der Waals surface area contributed by atoms with Crippen LogP contribution in [0.25, 0.3) is 22.2 Å². The highest BCUT2D eigenvalue weighted by Gasteiger charge is 2.21. The Labute approximate surface area is 183 Å². The SMILES string of the molecule is Cc1cccc(-c2noc(-c3sccc3NC(=O)C(C)NC(=O)c3ccccc3)n2)c1. The van der Waals surface area contributed by atoms with Crippen LogP contribution in [0.4, 0.5) is 5.69 Å². The summed E-state index contributed by atoms with van der Waals surface area (Å²) in [4.78, 5) is 30.1. The molecule has 156 valence electrons. The second kappa shape index (κ2) is 8.93. The molecule has 2 amide bonds. The van der Waals surface area contributed by atoms with Crippen molar-refractivity contribution in [3.8, 4) is 22.2 Å². The van der Waals surface area contributed by atoms with Gasteiger partial charge >= 0.3 is 0 Å². The standard InChI is InChI=1S/C23H20N4O3S/c1-14-7-6-10-17(13-14)20-26-23(30-27-20)19-18(11-12-31-19)25-21(28)15(2)24-22(29)16-8-4-3-5-9-16/h3-13,15H,1-2H3,(H,24,29)(H,25,28). The minimum atomic E-state index is -0.731. The molecule has 0 bridgehead atoms. The Morgan fingerprint density at radius 2 is 1.87 bits per heavy atom. The summed E-state index contributed by atoms with van der Waals surface area (Å²) in [6.45, 7) is 3.62. The fraction of sp³-hybridized carbons (Fsp3) is 0.130. The van der Waals surface area contributed by atoms with Crippen molar-refractivity contribution in [1.82, 2.24) is 15.5 Å². The molecule has 0 aliphatic rings. The van der Waals surface area contributed by atoms with Crippen molar-refractivity contribution in [2.24, 2.45) is 0 Å². The Kier molecular flexibility index (Phi) is 5.90. The summed E-state index contributed by atoms with van der Waals surface area (Å²) >= 11 is 1.38. The van der Waals surface area contributed by atoms with Gasteiger partial charge < -0.3 is 15.2 Å². The second-order valence-corrected chi connectivity index (χ2v) is 7.92. The molecule has 2 aromatic carbocycles. The minimum absolute atomic E-state index is 0.312. The molecule has 2 N–H and O–H groups in total. The second-order valence-electron chi connectivity index (χ2n) is 7.01. The van der Waals surface area contributed by atoms with E-state index in [1.165, 1.54) is 11.3 Å². The first kappa shape index (κ1) is 20.5. The van der Waals surface area contributed by atoms with E-state index in [0.717, 1.165) is 11.1 Å². The van der Waals surface area contributed by atoms with E-state index in [1.54, 1.807) is 37.3 Å². The van der Waals surface area contributed by atoms with Crippen molar-refractivity contribution in [1.29, 1.82) is 0 Å². The number of hydrogen-bond donors (Lipinski definition) is 2. The first-order valence-corrected chi connectivity index (χ1v) is 10.5. The van der Waals surface area contributed by atoms with Gasteiger partial charge in [0.15, 0.2) is 0 Å². The molecule has 0 spiro atoms. The maximum atomic E-state index is 12.6. The number of carbonyl (C=O) groups is 2. The summed E-state index contributed by atoms with van der Waals surface area (Å²) in [5.41, 5.74) is 3.00. The molecule has 4 rings (SSSR count). The summed E-state index contributed by atoms with van der Waals surface area (Å²) in [7, 11) is 0. The summed E-state index contributed by atoms with van der Waals surface area (Å²) in [5.74, 6) is 0.145. The lowest BCUT2D eigenvalue weighted by molar-refractivity contribution is -0.117. The lowest BCUT2D eigenvalue weighted by Crippen LogP contribution is -2.41. The van der Waals surface area contributed by atoms with E-state index in [1.807, 2.05) is 42.6 Å². The number of anilines is 1. The van der Waals surface area contributed by atoms with Gasteiger partial charge in [0.1, 0.15) is 10.9 Å². The van der Waals surface area contributed by atoms with Crippen molar-refractivity contribution >= 4 is 28.8 Å². The van der Waals surface area contributed by atoms with Crippen LogP contribution in [0.2, 0.25) is 0 Å². The lowest BCUT2D eigenvalue weighted by Gasteiger charge is -2.14. The average molecular weight is 433 g/mol. The molecule has 0 aliphatic carbocycles. The van der Waals surface area contributed by atoms with E-state index in [0.29, 0.717) is 27.8 Å². The Morgan fingerprint density at radius 3 is 2.65 bits per heavy atom. The normalized spacial score (nSPS) is 11.7. The van der Waals surface area contributed by atoms with Crippen molar-refractivity contribution in [3.63, 3.8) is 0 Å². The van der Waals surface area contributed by atoms with Gasteiger partial charge in [0.25, 0.3) is 11.8 Å². The Morgan fingerprint density at radius 1 is 1.06 bits per heavy atom. The number of carbonyl (C=O) groups excluding carboxylic acids is 2. The summed E-state index contributed by atoms with van der Waals surface area (Å²) < 4.78 is 5.44. The predicted octanol–water partition coefficient (Wildman–Crippen LogP) is 4.53. The van der Waals surface area contributed by atoms with Crippen LogP contribution in [0, 0.1) is 6.92 Å². The van der Waals surface area contributed by atoms with Gasteiger partial charge in [-0.05, 0) is 43.5 Å². The number of nitrogens with zero attached hydrogens (tertiary/aromatic N) is 2. The number of aryl methyl sites for hydroxylation is 1. The third-order valence-corrected chi connectivity index (χ3v) is 5.50. The van der Waals surface area contributed by atoms with E-state index in [-0.39, 0.29) is 11.8 Å². The van der Waals surface area contributed by atoms with Crippen molar-refractivity contribution in [2.45, 2.75) is 19.9 Å². The molecule has 31 heavy (non-hydrogen) atoms. The monoisotopic (exact) mass is 432 g/mol. The number of rotatable bonds is 6. The third kappa shape index (κ3) is 4.70. The summed E-state index contributed by atoms with van der Waals surface area (Å²) in [6, 6.07) is 17.6. The number of benzene rings is 2. The van der Waals surface area contributed by atoms with Gasteiger partial charge in [-0.25, -0.2) is 0 Å². The Bertz CT molecular complexity index is 1220. The first-order chi connectivity index (χ1) is 15.0. The van der Waals surface area contributed by atoms with Crippen LogP contribution in [0.15, 0.2) is 70.6 Å². The Hall–Kier alpha value is -3.78. The first-order valence-electron chi connectivity index (χ1n) is 9.66. The molecule has 8 heteroatoms. The van der Waals surface area contributed by atoms with Crippen LogP contribution in [-0.4, -0.2) is 28.0 Å². The molecule has 0 radical (unpaired) electrons. The molecular formula is C23H20N4O3S. The van der Waals surface area contributed by atoms with Gasteiger partial charge in [-0.3, -0.25) is 9.59 Å². The minimum Gasteiger partial charge on any atom is -0.341 e. The third-order valence-electron chi connectivity index (χ3n) is 4.60. The molecule has 2 heterocycles. The van der Waals surface area contributed by atoms with Crippen LogP contribution in [0.3, 0.4) is 0 Å². The number of amides is 2. The lowest BCUT2D eigenvalue weighted by atomic mass is 10.1. The zero-order valence-electron chi connectivity index (χ0n) is 17.0. The van der Waals surface area contributed by atoms with Gasteiger partial charge in [0, 0.05) is 11.1 Å². The maximum absolute atomic E-state index is 12.6. The molecule has 0 fully saturated rings. The molecular weight excluding hydrogens is 412 g/mol. The van der Waals surface area contributed by atoms with Gasteiger partial charge in [-0.2, -0.15) is 4.98 Å². The molecule has 0 saturated heterocycles. The van der Waals surface area contributed by atoms with E-state index < -0.39 is 6.04 Å². The van der Waals surface area contributed by atoms with E-state index in [2.05, 4.69) is 20.8 Å². The summed E-state index contributed by atoms with van der Waals surface area (Å²) in [5, 5.41) is 11.4. The van der Waals surface area contributed by atoms with E-state index >= 15 is 0 Å². The molecule has 7 nitrogen and oxygen atoms in total. The zero-order chi connectivity index (χ0) is 21.8. The molecule has 2 aromatic heterocycles. The highest BCUT2D eigenvalue weighted by Crippen LogP contribution is 2.33. The van der Waals surface area contributed by atoms with Gasteiger partial charge in [-0.1, -0.05) is 47.1 Å². The smallest absolute Gasteiger partial charge is 0.270 e. The number of aromatic nitrogens is 2. The molecule has 0 aliphatic heterocycles. The van der Waals surface area contributed by atoms with E-state index in [4.69, 9.17) is 4.52 Å². The molecule has 4 aromatic rings. The van der Waals surface area contributed by atoms with Crippen LogP contribution >= 0.6 is 11.3 Å². The summed E-state index contributed by atoms with van der Waals surface area (Å²) in [6.07, 6.45) is 0. The van der Waals surface area contributed by atoms with Crippen molar-refractivity contribution in [3.05, 3.63) is 77.2 Å². The molecule has 0 saturated carbocycles. The Balaban J connectivity index is 1.46. The van der Waals surface area contributed by atoms with Crippen molar-refractivity contribution in [2.75, 3.05) is 5.32 Å². The highest BCUT2D eigenvalue weighted by atomic mass is 32.1. The fourth-order valence-corrected chi connectivity index (χ4v) is 3.74. The van der Waals surface area contributed by atoms with Crippen molar-refractivity contribution < 1.29 is 14.1 Å². The van der Waals surface area contributed by atoms with Gasteiger partial charge in [0.2, 0.25) is 11.7 Å². The average Bonchev–Trinajstić information content (AvgIpc) is 3.43. The van der Waals surface area contributed by atoms with Gasteiger partial charge in [0.05, 0.1) is 5.69 Å². The van der Waals surface area contributed by atoms with Crippen LogP contribution in [0.1, 0.15) is 22.8 Å². The van der Waals surface area contributed by atoms with Crippen LogP contribution in [0.5, 0.6) is 0 Å². The molecule has 1 atom stereocenters. The zero-order valence-corrected chi connectivity index (χ0v) is 17.8. The number of thiophene rings is 1. The maximum Gasteiger partial charge on any atom is 0.270 e. The topological polar surface area (TPSA) is 97.1 Å². The van der Waals surface area contributed by atoms with Gasteiger partial charge in [-0.15, -0.1) is 11.3 Å². The number of nitrogens with one attached hydrogen (secondary N) is 2. The van der Waals surface area contributed by atoms with E-state index in [9.17, 15) is 9.59 Å². The van der Waals surface area contributed by atoms with Crippen LogP contribution in [-0.2, 0) is 4.79 Å². The quantitative estimate of drug-likeness (QED) is 0.467. The fourth-order valence-electron chi connectivity index (χ4n) is 2.97. The molecule has 1 unspecified atom stereocenters.